The zero-order valence-corrected chi connectivity index (χ0v) is 6.84. The van der Waals surface area contributed by atoms with Gasteiger partial charge in [0.25, 0.3) is 0 Å². The summed E-state index contributed by atoms with van der Waals surface area (Å²) in [5, 5.41) is 0. The van der Waals surface area contributed by atoms with Gasteiger partial charge < -0.3 is 4.90 Å². The number of fused-ring (bicyclic) bond motifs is 1. The van der Waals surface area contributed by atoms with Crippen LogP contribution in [0, 0.1) is 5.92 Å². The van der Waals surface area contributed by atoms with E-state index in [4.69, 9.17) is 0 Å². The van der Waals surface area contributed by atoms with Crippen molar-refractivity contribution in [2.24, 2.45) is 5.92 Å². The van der Waals surface area contributed by atoms with Crippen LogP contribution in [-0.2, 0) is 0 Å². The van der Waals surface area contributed by atoms with Crippen LogP contribution in [0.2, 0.25) is 0 Å². The molecule has 58 valence electrons. The smallest absolute Gasteiger partial charge is 0.00982 e. The van der Waals surface area contributed by atoms with Gasteiger partial charge in [-0.1, -0.05) is 6.92 Å². The van der Waals surface area contributed by atoms with Gasteiger partial charge in [-0.15, -0.1) is 0 Å². The van der Waals surface area contributed by atoms with Crippen LogP contribution >= 0.6 is 0 Å². The van der Waals surface area contributed by atoms with E-state index < -0.39 is 0 Å². The quantitative estimate of drug-likeness (QED) is 0.495. The van der Waals surface area contributed by atoms with Gasteiger partial charge in [0.2, 0.25) is 0 Å². The van der Waals surface area contributed by atoms with Crippen molar-refractivity contribution in [1.29, 1.82) is 0 Å². The fraction of sp³-hybridized carbons (Fsp3) is 1.00. The summed E-state index contributed by atoms with van der Waals surface area (Å²) in [6.45, 7) is 5.17. The molecule has 0 spiro atoms. The van der Waals surface area contributed by atoms with E-state index in [0.717, 1.165) is 12.0 Å². The van der Waals surface area contributed by atoms with E-state index in [1.165, 1.54) is 38.8 Å². The lowest BCUT2D eigenvalue weighted by Gasteiger charge is -2.32. The van der Waals surface area contributed by atoms with E-state index in [1.54, 1.807) is 0 Å². The highest BCUT2D eigenvalue weighted by Crippen LogP contribution is 2.29. The van der Waals surface area contributed by atoms with Crippen molar-refractivity contribution in [3.05, 3.63) is 0 Å². The average Bonchev–Trinajstić information content (AvgIpc) is 2.33. The molecule has 1 nitrogen and oxygen atoms in total. The lowest BCUT2D eigenvalue weighted by molar-refractivity contribution is 0.160. The highest BCUT2D eigenvalue weighted by atomic mass is 15.2. The molecule has 2 rings (SSSR count). The van der Waals surface area contributed by atoms with E-state index in [0.29, 0.717) is 0 Å². The van der Waals surface area contributed by atoms with Gasteiger partial charge in [-0.2, -0.15) is 0 Å². The van der Waals surface area contributed by atoms with Gasteiger partial charge in [0, 0.05) is 6.04 Å². The monoisotopic (exact) mass is 139 g/mol. The minimum Gasteiger partial charge on any atom is -0.300 e. The molecule has 2 aliphatic heterocycles. The second kappa shape index (κ2) is 2.54. The van der Waals surface area contributed by atoms with Gasteiger partial charge in [0.15, 0.2) is 0 Å². The molecular formula is C9H17N. The van der Waals surface area contributed by atoms with Crippen molar-refractivity contribution in [3.63, 3.8) is 0 Å². The molecule has 0 amide bonds. The minimum absolute atomic E-state index is 0.976. The second-order valence-corrected chi connectivity index (χ2v) is 3.96. The molecule has 2 saturated heterocycles. The Balaban J connectivity index is 1.96. The van der Waals surface area contributed by atoms with Gasteiger partial charge in [0.1, 0.15) is 0 Å². The van der Waals surface area contributed by atoms with Crippen LogP contribution in [0.15, 0.2) is 0 Å². The largest absolute Gasteiger partial charge is 0.300 e. The van der Waals surface area contributed by atoms with Crippen LogP contribution in [0.25, 0.3) is 0 Å². The number of nitrogens with zero attached hydrogens (tertiary/aromatic N) is 1. The number of piperidine rings is 1. The Labute approximate surface area is 63.4 Å². The minimum atomic E-state index is 0.976. The Bertz CT molecular complexity index is 122. The molecule has 0 saturated carbocycles. The molecule has 0 radical (unpaired) electrons. The summed E-state index contributed by atoms with van der Waals surface area (Å²) in [6, 6.07) is 0.976. The maximum absolute atomic E-state index is 2.68. The standard InChI is InChI=1S/C9H17N/c1-8-4-6-10-5-2-3-9(10)7-8/h8-9H,2-7H2,1H3/t8-,9?/m0/s1. The van der Waals surface area contributed by atoms with Crippen molar-refractivity contribution >= 4 is 0 Å². The van der Waals surface area contributed by atoms with E-state index >= 15 is 0 Å². The zero-order valence-electron chi connectivity index (χ0n) is 6.84. The summed E-state index contributed by atoms with van der Waals surface area (Å²) in [7, 11) is 0. The Hall–Kier alpha value is -0.0400. The van der Waals surface area contributed by atoms with Crippen LogP contribution in [0.5, 0.6) is 0 Å². The lowest BCUT2D eigenvalue weighted by Crippen LogP contribution is -2.37. The summed E-state index contributed by atoms with van der Waals surface area (Å²) < 4.78 is 0. The Morgan fingerprint density at radius 1 is 1.20 bits per heavy atom. The van der Waals surface area contributed by atoms with Crippen molar-refractivity contribution in [2.45, 2.75) is 38.6 Å². The Morgan fingerprint density at radius 3 is 3.00 bits per heavy atom. The first-order chi connectivity index (χ1) is 4.86. The van der Waals surface area contributed by atoms with Gasteiger partial charge in [0.05, 0.1) is 0 Å². The van der Waals surface area contributed by atoms with Gasteiger partial charge >= 0.3 is 0 Å². The molecule has 10 heavy (non-hydrogen) atoms. The zero-order chi connectivity index (χ0) is 6.97. The Kier molecular flexibility index (Phi) is 1.69. The van der Waals surface area contributed by atoms with Crippen LogP contribution in [0.3, 0.4) is 0 Å². The maximum atomic E-state index is 2.68. The molecule has 2 aliphatic rings. The fourth-order valence-corrected chi connectivity index (χ4v) is 2.42. The number of hydrogen-bond acceptors (Lipinski definition) is 1. The first-order valence-corrected chi connectivity index (χ1v) is 4.60. The van der Waals surface area contributed by atoms with Crippen molar-refractivity contribution in [1.82, 2.24) is 4.90 Å². The van der Waals surface area contributed by atoms with Crippen LogP contribution in [-0.4, -0.2) is 24.0 Å². The third kappa shape index (κ3) is 1.07. The predicted octanol–water partition coefficient (Wildman–Crippen LogP) is 1.88. The summed E-state index contributed by atoms with van der Waals surface area (Å²) >= 11 is 0. The molecule has 0 aromatic heterocycles. The molecule has 0 aliphatic carbocycles. The summed E-state index contributed by atoms with van der Waals surface area (Å²) in [6.07, 6.45) is 5.85. The number of hydrogen-bond donors (Lipinski definition) is 0. The molecule has 2 atom stereocenters. The van der Waals surface area contributed by atoms with Crippen LogP contribution in [0.1, 0.15) is 32.6 Å². The van der Waals surface area contributed by atoms with Gasteiger partial charge in [-0.05, 0) is 44.7 Å². The molecule has 0 aromatic rings. The van der Waals surface area contributed by atoms with Gasteiger partial charge in [-0.3, -0.25) is 0 Å². The second-order valence-electron chi connectivity index (χ2n) is 3.96. The van der Waals surface area contributed by atoms with Crippen molar-refractivity contribution < 1.29 is 0 Å². The summed E-state index contributed by atoms with van der Waals surface area (Å²) in [5.74, 6) is 0.999. The highest BCUT2D eigenvalue weighted by Gasteiger charge is 2.29. The summed E-state index contributed by atoms with van der Waals surface area (Å²) in [5.41, 5.74) is 0. The van der Waals surface area contributed by atoms with E-state index in [1.807, 2.05) is 0 Å². The highest BCUT2D eigenvalue weighted by molar-refractivity contribution is 4.84. The third-order valence-electron chi connectivity index (χ3n) is 3.08. The van der Waals surface area contributed by atoms with Gasteiger partial charge in [-0.25, -0.2) is 0 Å². The van der Waals surface area contributed by atoms with Crippen molar-refractivity contribution in [3.8, 4) is 0 Å². The number of rotatable bonds is 0. The molecular weight excluding hydrogens is 122 g/mol. The first-order valence-electron chi connectivity index (χ1n) is 4.60. The van der Waals surface area contributed by atoms with E-state index in [-0.39, 0.29) is 0 Å². The predicted molar refractivity (Wildman–Crippen MR) is 43.0 cm³/mol. The SMILES string of the molecule is C[C@H]1CCN2CCCC2C1. The maximum Gasteiger partial charge on any atom is 0.00982 e. The molecule has 2 heterocycles. The van der Waals surface area contributed by atoms with Crippen LogP contribution < -0.4 is 0 Å². The van der Waals surface area contributed by atoms with E-state index in [2.05, 4.69) is 11.8 Å². The van der Waals surface area contributed by atoms with E-state index in [9.17, 15) is 0 Å². The summed E-state index contributed by atoms with van der Waals surface area (Å²) in [4.78, 5) is 2.68. The molecule has 0 aromatic carbocycles. The molecule has 0 N–H and O–H groups in total. The van der Waals surface area contributed by atoms with Crippen LogP contribution in [0.4, 0.5) is 0 Å². The molecule has 0 bridgehead atoms. The lowest BCUT2D eigenvalue weighted by atomic mass is 9.93. The first kappa shape index (κ1) is 6.66. The molecule has 2 fully saturated rings. The van der Waals surface area contributed by atoms with Crippen molar-refractivity contribution in [2.75, 3.05) is 13.1 Å². The normalized spacial score (nSPS) is 41.7. The third-order valence-corrected chi connectivity index (χ3v) is 3.08. The molecule has 1 unspecified atom stereocenters. The molecule has 1 heteroatoms. The average molecular weight is 139 g/mol. The topological polar surface area (TPSA) is 3.24 Å². The fourth-order valence-electron chi connectivity index (χ4n) is 2.42. The Morgan fingerprint density at radius 2 is 2.10 bits per heavy atom.